The second kappa shape index (κ2) is 7.12. The minimum absolute atomic E-state index is 0.0800. The Morgan fingerprint density at radius 2 is 2.07 bits per heavy atom. The molecule has 3 nitrogen and oxygen atoms in total. The van der Waals surface area contributed by atoms with E-state index in [1.165, 1.54) is 29.3 Å². The number of fused-ring (bicyclic) bond motifs is 1. The van der Waals surface area contributed by atoms with E-state index in [0.29, 0.717) is 13.0 Å². The van der Waals surface area contributed by atoms with Gasteiger partial charge < -0.3 is 4.90 Å². The highest BCUT2D eigenvalue weighted by Crippen LogP contribution is 2.37. The van der Waals surface area contributed by atoms with Crippen molar-refractivity contribution in [3.63, 3.8) is 0 Å². The number of rotatable bonds is 2. The fraction of sp³-hybridized carbons (Fsp3) is 0.182. The van der Waals surface area contributed by atoms with Crippen LogP contribution in [0.5, 0.6) is 0 Å². The van der Waals surface area contributed by atoms with Crippen molar-refractivity contribution in [1.29, 1.82) is 0 Å². The molecule has 0 spiro atoms. The average molecular weight is 381 g/mol. The third-order valence-corrected chi connectivity index (χ3v) is 5.28. The number of hydrogen-bond acceptors (Lipinski definition) is 2. The van der Waals surface area contributed by atoms with Crippen LogP contribution in [0, 0.1) is 12.7 Å². The molecule has 4 rings (SSSR count). The van der Waals surface area contributed by atoms with Crippen molar-refractivity contribution in [2.45, 2.75) is 19.4 Å². The summed E-state index contributed by atoms with van der Waals surface area (Å²) in [5, 5.41) is 0.125. The highest BCUT2D eigenvalue weighted by atomic mass is 35.5. The fourth-order valence-corrected chi connectivity index (χ4v) is 3.96. The second-order valence-electron chi connectivity index (χ2n) is 6.74. The van der Waals surface area contributed by atoms with Crippen molar-refractivity contribution >= 4 is 17.5 Å². The number of aromatic nitrogens is 1. The van der Waals surface area contributed by atoms with Gasteiger partial charge in [-0.2, -0.15) is 0 Å². The van der Waals surface area contributed by atoms with Crippen LogP contribution in [-0.2, 0) is 6.42 Å². The molecule has 2 aromatic carbocycles. The molecule has 2 heterocycles. The van der Waals surface area contributed by atoms with Crippen molar-refractivity contribution in [1.82, 2.24) is 9.88 Å². The van der Waals surface area contributed by atoms with Crippen LogP contribution in [0.15, 0.2) is 60.9 Å². The van der Waals surface area contributed by atoms with Crippen molar-refractivity contribution < 1.29 is 9.18 Å². The van der Waals surface area contributed by atoms with Gasteiger partial charge in [0, 0.05) is 18.9 Å². The summed E-state index contributed by atoms with van der Waals surface area (Å²) in [6.07, 6.45) is 4.16. The normalized spacial score (nSPS) is 16.1. The summed E-state index contributed by atoms with van der Waals surface area (Å²) in [6, 6.07) is 14.0. The molecule has 0 N–H and O–H groups in total. The van der Waals surface area contributed by atoms with Crippen LogP contribution in [0.3, 0.4) is 0 Å². The zero-order valence-corrected chi connectivity index (χ0v) is 15.6. The van der Waals surface area contributed by atoms with Gasteiger partial charge in [0.2, 0.25) is 0 Å². The van der Waals surface area contributed by atoms with Crippen LogP contribution in [0.25, 0.3) is 0 Å². The maximum Gasteiger partial charge on any atom is 0.259 e. The largest absolute Gasteiger partial charge is 0.327 e. The highest BCUT2D eigenvalue weighted by Gasteiger charge is 2.34. The molecular formula is C22H18ClFN2O. The van der Waals surface area contributed by atoms with Crippen molar-refractivity contribution in [2.75, 3.05) is 6.54 Å². The zero-order chi connectivity index (χ0) is 19.0. The number of carbonyl (C=O) groups is 1. The number of carbonyl (C=O) groups excluding carboxylic acids is 1. The number of benzene rings is 2. The van der Waals surface area contributed by atoms with Crippen molar-refractivity contribution in [3.8, 4) is 0 Å². The van der Waals surface area contributed by atoms with Gasteiger partial charge in [-0.05, 0) is 48.2 Å². The van der Waals surface area contributed by atoms with Gasteiger partial charge in [-0.15, -0.1) is 0 Å². The fourth-order valence-electron chi connectivity index (χ4n) is 3.72. The Morgan fingerprint density at radius 3 is 2.81 bits per heavy atom. The third kappa shape index (κ3) is 3.21. The number of halogens is 2. The molecule has 136 valence electrons. The van der Waals surface area contributed by atoms with E-state index >= 15 is 0 Å². The predicted octanol–water partition coefficient (Wildman–Crippen LogP) is 4.97. The SMILES string of the molecule is Cc1ccc2c(c1)CCN(C(=O)c1c(F)cccc1Cl)C2c1cccnc1. The van der Waals surface area contributed by atoms with Gasteiger partial charge in [0.05, 0.1) is 16.6 Å². The Kier molecular flexibility index (Phi) is 4.66. The third-order valence-electron chi connectivity index (χ3n) is 4.96. The van der Waals surface area contributed by atoms with Gasteiger partial charge in [0.15, 0.2) is 0 Å². The molecule has 0 saturated carbocycles. The lowest BCUT2D eigenvalue weighted by atomic mass is 9.87. The molecule has 0 aliphatic carbocycles. The summed E-state index contributed by atoms with van der Waals surface area (Å²) in [6.45, 7) is 2.54. The van der Waals surface area contributed by atoms with Gasteiger partial charge in [0.25, 0.3) is 5.91 Å². The van der Waals surface area contributed by atoms with Crippen LogP contribution in [-0.4, -0.2) is 22.3 Å². The highest BCUT2D eigenvalue weighted by molar-refractivity contribution is 6.33. The molecule has 0 bridgehead atoms. The predicted molar refractivity (Wildman–Crippen MR) is 103 cm³/mol. The lowest BCUT2D eigenvalue weighted by molar-refractivity contribution is 0.0689. The summed E-state index contributed by atoms with van der Waals surface area (Å²) in [4.78, 5) is 19.2. The molecular weight excluding hydrogens is 363 g/mol. The van der Waals surface area contributed by atoms with Crippen LogP contribution in [0.1, 0.15) is 38.7 Å². The van der Waals surface area contributed by atoms with Crippen LogP contribution >= 0.6 is 11.6 Å². The van der Waals surface area contributed by atoms with E-state index in [9.17, 15) is 9.18 Å². The topological polar surface area (TPSA) is 33.2 Å². The summed E-state index contributed by atoms with van der Waals surface area (Å²) < 4.78 is 14.4. The summed E-state index contributed by atoms with van der Waals surface area (Å²) in [5.41, 5.74) is 4.23. The number of nitrogens with zero attached hydrogens (tertiary/aromatic N) is 2. The molecule has 1 aliphatic rings. The number of pyridine rings is 1. The first-order chi connectivity index (χ1) is 13.1. The molecule has 1 atom stereocenters. The molecule has 0 radical (unpaired) electrons. The lowest BCUT2D eigenvalue weighted by Gasteiger charge is -2.38. The maximum absolute atomic E-state index is 14.4. The lowest BCUT2D eigenvalue weighted by Crippen LogP contribution is -2.41. The molecule has 27 heavy (non-hydrogen) atoms. The molecule has 3 aromatic rings. The molecule has 0 saturated heterocycles. The minimum Gasteiger partial charge on any atom is -0.327 e. The monoisotopic (exact) mass is 380 g/mol. The second-order valence-corrected chi connectivity index (χ2v) is 7.14. The van der Waals surface area contributed by atoms with Crippen LogP contribution in [0.4, 0.5) is 4.39 Å². The Labute approximate surface area is 162 Å². The first-order valence-electron chi connectivity index (χ1n) is 8.80. The van der Waals surface area contributed by atoms with Gasteiger partial charge in [-0.1, -0.05) is 47.5 Å². The Morgan fingerprint density at radius 1 is 1.22 bits per heavy atom. The minimum atomic E-state index is -0.605. The number of aryl methyl sites for hydroxylation is 1. The molecule has 0 fully saturated rings. The van der Waals surface area contributed by atoms with E-state index in [1.807, 2.05) is 24.3 Å². The van der Waals surface area contributed by atoms with E-state index in [1.54, 1.807) is 17.3 Å². The molecule has 1 amide bonds. The summed E-state index contributed by atoms with van der Waals surface area (Å²) in [7, 11) is 0. The number of amides is 1. The van der Waals surface area contributed by atoms with Gasteiger partial charge in [-0.25, -0.2) is 4.39 Å². The molecule has 1 aliphatic heterocycles. The Balaban J connectivity index is 1.84. The van der Waals surface area contributed by atoms with E-state index < -0.39 is 11.7 Å². The van der Waals surface area contributed by atoms with Gasteiger partial charge in [-0.3, -0.25) is 9.78 Å². The molecule has 1 unspecified atom stereocenters. The standard InChI is InChI=1S/C22H18ClFN2O/c1-14-7-8-17-15(12-14)9-11-26(21(17)16-4-3-10-25-13-16)22(27)20-18(23)5-2-6-19(20)24/h2-8,10,12-13,21H,9,11H2,1H3. The quantitative estimate of drug-likeness (QED) is 0.628. The first kappa shape index (κ1) is 17.7. The first-order valence-corrected chi connectivity index (χ1v) is 9.18. The zero-order valence-electron chi connectivity index (χ0n) is 14.8. The van der Waals surface area contributed by atoms with E-state index in [-0.39, 0.29) is 16.6 Å². The summed E-state index contributed by atoms with van der Waals surface area (Å²) in [5.74, 6) is -1.01. The van der Waals surface area contributed by atoms with Gasteiger partial charge >= 0.3 is 0 Å². The van der Waals surface area contributed by atoms with E-state index in [0.717, 1.165) is 11.1 Å². The average Bonchev–Trinajstić information content (AvgIpc) is 2.67. The Bertz CT molecular complexity index is 986. The van der Waals surface area contributed by atoms with Crippen LogP contribution < -0.4 is 0 Å². The van der Waals surface area contributed by atoms with Crippen molar-refractivity contribution in [2.24, 2.45) is 0 Å². The van der Waals surface area contributed by atoms with E-state index in [2.05, 4.69) is 18.0 Å². The summed E-state index contributed by atoms with van der Waals surface area (Å²) >= 11 is 6.16. The van der Waals surface area contributed by atoms with Crippen LogP contribution in [0.2, 0.25) is 5.02 Å². The molecule has 5 heteroatoms. The number of hydrogen-bond donors (Lipinski definition) is 0. The van der Waals surface area contributed by atoms with E-state index in [4.69, 9.17) is 11.6 Å². The Hall–Kier alpha value is -2.72. The molecule has 1 aromatic heterocycles. The smallest absolute Gasteiger partial charge is 0.259 e. The maximum atomic E-state index is 14.4. The van der Waals surface area contributed by atoms with Gasteiger partial charge in [0.1, 0.15) is 5.82 Å². The van der Waals surface area contributed by atoms with Crippen molar-refractivity contribution in [3.05, 3.63) is 99.6 Å².